The van der Waals surface area contributed by atoms with Crippen LogP contribution < -0.4 is 11.3 Å². The number of aromatic amines is 2. The SMILES string of the molecule is Nc1nc2c(ncn2CCCc2ncc[nH]2)c(=O)[nH]1. The number of nitrogens with two attached hydrogens (primary N) is 1. The molecule has 0 aliphatic rings. The van der Waals surface area contributed by atoms with Crippen LogP contribution in [0, 0.1) is 0 Å². The van der Waals surface area contributed by atoms with Crippen LogP contribution in [0.2, 0.25) is 0 Å². The first-order chi connectivity index (χ1) is 9.24. The third-order valence-electron chi connectivity index (χ3n) is 2.86. The fraction of sp³-hybridized carbons (Fsp3) is 0.273. The fourth-order valence-electron chi connectivity index (χ4n) is 1.99. The summed E-state index contributed by atoms with van der Waals surface area (Å²) in [6, 6.07) is 0. The van der Waals surface area contributed by atoms with Crippen molar-refractivity contribution in [1.82, 2.24) is 29.5 Å². The summed E-state index contributed by atoms with van der Waals surface area (Å²) >= 11 is 0. The minimum Gasteiger partial charge on any atom is -0.369 e. The average Bonchev–Trinajstić information content (AvgIpc) is 2.99. The minimum absolute atomic E-state index is 0.102. The van der Waals surface area contributed by atoms with Gasteiger partial charge in [-0.05, 0) is 6.42 Å². The van der Waals surface area contributed by atoms with Crippen LogP contribution in [0.4, 0.5) is 5.95 Å². The smallest absolute Gasteiger partial charge is 0.280 e. The Balaban J connectivity index is 1.79. The number of nitrogens with one attached hydrogen (secondary N) is 2. The second-order valence-electron chi connectivity index (χ2n) is 4.20. The Morgan fingerprint density at radius 3 is 3.05 bits per heavy atom. The van der Waals surface area contributed by atoms with E-state index in [-0.39, 0.29) is 11.5 Å². The van der Waals surface area contributed by atoms with Gasteiger partial charge in [0.1, 0.15) is 5.82 Å². The Kier molecular flexibility index (Phi) is 2.75. The maximum atomic E-state index is 11.6. The topological polar surface area (TPSA) is 118 Å². The van der Waals surface area contributed by atoms with Crippen molar-refractivity contribution in [3.8, 4) is 0 Å². The van der Waals surface area contributed by atoms with Gasteiger partial charge in [0.15, 0.2) is 11.2 Å². The van der Waals surface area contributed by atoms with E-state index in [1.807, 2.05) is 4.57 Å². The summed E-state index contributed by atoms with van der Waals surface area (Å²) in [6.07, 6.45) is 6.82. The van der Waals surface area contributed by atoms with Gasteiger partial charge in [0.2, 0.25) is 5.95 Å². The Bertz CT molecular complexity index is 740. The quantitative estimate of drug-likeness (QED) is 0.612. The molecule has 3 aromatic rings. The predicted octanol–water partition coefficient (Wildman–Crippen LogP) is 0.0577. The van der Waals surface area contributed by atoms with Gasteiger partial charge in [-0.1, -0.05) is 0 Å². The van der Waals surface area contributed by atoms with Gasteiger partial charge in [0, 0.05) is 25.4 Å². The van der Waals surface area contributed by atoms with Crippen LogP contribution in [-0.4, -0.2) is 29.5 Å². The summed E-state index contributed by atoms with van der Waals surface area (Å²) in [5, 5.41) is 0. The van der Waals surface area contributed by atoms with Crippen molar-refractivity contribution < 1.29 is 0 Å². The molecule has 0 fully saturated rings. The summed E-state index contributed by atoms with van der Waals surface area (Å²) in [4.78, 5) is 29.4. The van der Waals surface area contributed by atoms with E-state index in [0.29, 0.717) is 17.7 Å². The van der Waals surface area contributed by atoms with Crippen molar-refractivity contribution in [2.24, 2.45) is 0 Å². The monoisotopic (exact) mass is 259 g/mol. The van der Waals surface area contributed by atoms with Gasteiger partial charge in [-0.2, -0.15) is 4.98 Å². The number of hydrogen-bond acceptors (Lipinski definition) is 5. The van der Waals surface area contributed by atoms with Gasteiger partial charge in [0.25, 0.3) is 5.56 Å². The number of nitrogens with zero attached hydrogens (tertiary/aromatic N) is 4. The van der Waals surface area contributed by atoms with E-state index >= 15 is 0 Å². The van der Waals surface area contributed by atoms with E-state index in [9.17, 15) is 4.79 Å². The van der Waals surface area contributed by atoms with Crippen LogP contribution in [0.25, 0.3) is 11.2 Å². The highest BCUT2D eigenvalue weighted by atomic mass is 16.1. The maximum absolute atomic E-state index is 11.6. The predicted molar refractivity (Wildman–Crippen MR) is 69.5 cm³/mol. The van der Waals surface area contributed by atoms with E-state index in [2.05, 4.69) is 24.9 Å². The molecule has 0 saturated heterocycles. The van der Waals surface area contributed by atoms with E-state index in [4.69, 9.17) is 5.73 Å². The Hall–Kier alpha value is -2.64. The van der Waals surface area contributed by atoms with Crippen LogP contribution in [0.5, 0.6) is 0 Å². The summed E-state index contributed by atoms with van der Waals surface area (Å²) in [5.74, 6) is 1.04. The highest BCUT2D eigenvalue weighted by Gasteiger charge is 2.08. The number of nitrogen functional groups attached to an aromatic ring is 1. The normalized spacial score (nSPS) is 11.2. The van der Waals surface area contributed by atoms with Crippen LogP contribution in [-0.2, 0) is 13.0 Å². The van der Waals surface area contributed by atoms with Gasteiger partial charge in [-0.15, -0.1) is 0 Å². The van der Waals surface area contributed by atoms with Gasteiger partial charge in [-0.25, -0.2) is 9.97 Å². The molecule has 0 unspecified atom stereocenters. The lowest BCUT2D eigenvalue weighted by Crippen LogP contribution is -2.12. The first-order valence-corrected chi connectivity index (χ1v) is 5.93. The molecule has 8 nitrogen and oxygen atoms in total. The van der Waals surface area contributed by atoms with Crippen molar-refractivity contribution in [3.05, 3.63) is 34.9 Å². The molecule has 0 spiro atoms. The van der Waals surface area contributed by atoms with Crippen LogP contribution in [0.1, 0.15) is 12.2 Å². The zero-order valence-electron chi connectivity index (χ0n) is 10.1. The highest BCUT2D eigenvalue weighted by Crippen LogP contribution is 2.08. The molecule has 0 aromatic carbocycles. The molecule has 3 rings (SSSR count). The molecule has 3 aromatic heterocycles. The molecule has 0 bridgehead atoms. The number of H-pyrrole nitrogens is 2. The van der Waals surface area contributed by atoms with Crippen LogP contribution >= 0.6 is 0 Å². The molecule has 0 aliphatic carbocycles. The molecule has 19 heavy (non-hydrogen) atoms. The zero-order valence-corrected chi connectivity index (χ0v) is 10.1. The number of aryl methyl sites for hydroxylation is 2. The van der Waals surface area contributed by atoms with E-state index < -0.39 is 0 Å². The van der Waals surface area contributed by atoms with Gasteiger partial charge in [0.05, 0.1) is 6.33 Å². The third kappa shape index (κ3) is 2.19. The number of anilines is 1. The van der Waals surface area contributed by atoms with E-state index in [0.717, 1.165) is 18.7 Å². The zero-order chi connectivity index (χ0) is 13.2. The molecule has 0 aliphatic heterocycles. The van der Waals surface area contributed by atoms with Gasteiger partial charge >= 0.3 is 0 Å². The van der Waals surface area contributed by atoms with Crippen molar-refractivity contribution in [3.63, 3.8) is 0 Å². The summed E-state index contributed by atoms with van der Waals surface area (Å²) in [6.45, 7) is 0.701. The number of fused-ring (bicyclic) bond motifs is 1. The Morgan fingerprint density at radius 2 is 2.26 bits per heavy atom. The van der Waals surface area contributed by atoms with Crippen LogP contribution in [0.3, 0.4) is 0 Å². The fourth-order valence-corrected chi connectivity index (χ4v) is 1.99. The third-order valence-corrected chi connectivity index (χ3v) is 2.86. The molecule has 0 radical (unpaired) electrons. The summed E-state index contributed by atoms with van der Waals surface area (Å²) < 4.78 is 1.82. The summed E-state index contributed by atoms with van der Waals surface area (Å²) in [7, 11) is 0. The van der Waals surface area contributed by atoms with Gasteiger partial charge < -0.3 is 15.3 Å². The van der Waals surface area contributed by atoms with Gasteiger partial charge in [-0.3, -0.25) is 9.78 Å². The molecule has 98 valence electrons. The van der Waals surface area contributed by atoms with Crippen molar-refractivity contribution in [2.45, 2.75) is 19.4 Å². The molecule has 8 heteroatoms. The lowest BCUT2D eigenvalue weighted by atomic mass is 10.3. The van der Waals surface area contributed by atoms with E-state index in [1.165, 1.54) is 0 Å². The number of aromatic nitrogens is 6. The summed E-state index contributed by atoms with van der Waals surface area (Å²) in [5.41, 5.74) is 6.05. The molecular formula is C11H13N7O. The van der Waals surface area contributed by atoms with Crippen molar-refractivity contribution in [1.29, 1.82) is 0 Å². The average molecular weight is 259 g/mol. The number of rotatable bonds is 4. The van der Waals surface area contributed by atoms with E-state index in [1.54, 1.807) is 18.7 Å². The lowest BCUT2D eigenvalue weighted by Gasteiger charge is -2.02. The molecule has 4 N–H and O–H groups in total. The maximum Gasteiger partial charge on any atom is 0.280 e. The molecule has 0 amide bonds. The molecule has 0 saturated carbocycles. The first kappa shape index (κ1) is 11.5. The molecule has 3 heterocycles. The number of imidazole rings is 2. The Labute approximate surface area is 107 Å². The second kappa shape index (κ2) is 4.56. The molecule has 0 atom stereocenters. The second-order valence-corrected chi connectivity index (χ2v) is 4.20. The lowest BCUT2D eigenvalue weighted by molar-refractivity contribution is 0.641. The largest absolute Gasteiger partial charge is 0.369 e. The van der Waals surface area contributed by atoms with Crippen LogP contribution in [0.15, 0.2) is 23.5 Å². The van der Waals surface area contributed by atoms with Crippen molar-refractivity contribution >= 4 is 17.1 Å². The minimum atomic E-state index is -0.313. The Morgan fingerprint density at radius 1 is 1.37 bits per heavy atom. The standard InChI is InChI=1S/C11H13N7O/c12-11-16-9-8(10(19)17-11)15-6-18(9)5-1-2-7-13-3-4-14-7/h3-4,6H,1-2,5H2,(H,13,14)(H3,12,16,17,19). The van der Waals surface area contributed by atoms with Crippen molar-refractivity contribution in [2.75, 3.05) is 5.73 Å². The first-order valence-electron chi connectivity index (χ1n) is 5.93. The highest BCUT2D eigenvalue weighted by molar-refractivity contribution is 5.70. The number of hydrogen-bond donors (Lipinski definition) is 3. The molecular weight excluding hydrogens is 246 g/mol.